The van der Waals surface area contributed by atoms with Gasteiger partial charge in [-0.15, -0.1) is 5.10 Å². The minimum Gasteiger partial charge on any atom is -0.381 e. The second-order valence-corrected chi connectivity index (χ2v) is 3.41. The van der Waals surface area contributed by atoms with Crippen molar-refractivity contribution in [1.29, 1.82) is 0 Å². The molecule has 0 radical (unpaired) electrons. The largest absolute Gasteiger partial charge is 0.381 e. The molecular weight excluding hydrogens is 190 g/mol. The Morgan fingerprint density at radius 2 is 2.15 bits per heavy atom. The smallest absolute Gasteiger partial charge is 0.155 e. The first-order valence-electron chi connectivity index (χ1n) is 4.29. The van der Waals surface area contributed by atoms with Crippen molar-refractivity contribution in [3.05, 3.63) is 17.2 Å². The SMILES string of the molecule is Clc1cnnc(C2CCOCC2)n1. The molecule has 0 aliphatic carbocycles. The van der Waals surface area contributed by atoms with Gasteiger partial charge in [-0.1, -0.05) is 11.6 Å². The third-order valence-electron chi connectivity index (χ3n) is 2.13. The molecule has 1 aliphatic rings. The number of rotatable bonds is 1. The molecule has 1 fully saturated rings. The second-order valence-electron chi connectivity index (χ2n) is 3.02. The van der Waals surface area contributed by atoms with E-state index in [-0.39, 0.29) is 0 Å². The Labute approximate surface area is 81.3 Å². The minimum absolute atomic E-state index is 0.361. The summed E-state index contributed by atoms with van der Waals surface area (Å²) in [5.74, 6) is 1.11. The number of hydrogen-bond donors (Lipinski definition) is 0. The molecule has 1 aromatic heterocycles. The van der Waals surface area contributed by atoms with Crippen LogP contribution in [0.4, 0.5) is 0 Å². The predicted molar refractivity (Wildman–Crippen MR) is 47.6 cm³/mol. The molecule has 2 rings (SSSR count). The van der Waals surface area contributed by atoms with Gasteiger partial charge < -0.3 is 4.74 Å². The highest BCUT2D eigenvalue weighted by molar-refractivity contribution is 6.29. The van der Waals surface area contributed by atoms with E-state index >= 15 is 0 Å². The van der Waals surface area contributed by atoms with Crippen LogP contribution >= 0.6 is 11.6 Å². The van der Waals surface area contributed by atoms with E-state index in [4.69, 9.17) is 16.3 Å². The average Bonchev–Trinajstić information content (AvgIpc) is 2.19. The first-order chi connectivity index (χ1) is 6.36. The molecular formula is C8H10ClN3O. The minimum atomic E-state index is 0.361. The van der Waals surface area contributed by atoms with Gasteiger partial charge in [-0.2, -0.15) is 5.10 Å². The van der Waals surface area contributed by atoms with E-state index in [1.165, 1.54) is 6.20 Å². The first-order valence-corrected chi connectivity index (χ1v) is 4.67. The summed E-state index contributed by atoms with van der Waals surface area (Å²) >= 11 is 5.72. The molecule has 70 valence electrons. The molecule has 1 aromatic rings. The molecule has 0 aromatic carbocycles. The lowest BCUT2D eigenvalue weighted by Crippen LogP contribution is -2.16. The van der Waals surface area contributed by atoms with E-state index in [1.807, 2.05) is 0 Å². The molecule has 1 aliphatic heterocycles. The van der Waals surface area contributed by atoms with Crippen LogP contribution in [0.2, 0.25) is 5.15 Å². The van der Waals surface area contributed by atoms with Crippen LogP contribution in [0, 0.1) is 0 Å². The summed E-state index contributed by atoms with van der Waals surface area (Å²) in [5.41, 5.74) is 0. The summed E-state index contributed by atoms with van der Waals surface area (Å²) in [6.07, 6.45) is 3.37. The van der Waals surface area contributed by atoms with Crippen molar-refractivity contribution in [2.75, 3.05) is 13.2 Å². The maximum absolute atomic E-state index is 5.72. The Morgan fingerprint density at radius 3 is 2.85 bits per heavy atom. The van der Waals surface area contributed by atoms with Gasteiger partial charge in [0.15, 0.2) is 11.0 Å². The third-order valence-corrected chi connectivity index (χ3v) is 2.31. The van der Waals surface area contributed by atoms with E-state index in [0.717, 1.165) is 31.9 Å². The van der Waals surface area contributed by atoms with E-state index in [2.05, 4.69) is 15.2 Å². The molecule has 0 N–H and O–H groups in total. The molecule has 13 heavy (non-hydrogen) atoms. The predicted octanol–water partition coefficient (Wildman–Crippen LogP) is 1.42. The van der Waals surface area contributed by atoms with Crippen molar-refractivity contribution in [2.24, 2.45) is 0 Å². The van der Waals surface area contributed by atoms with Gasteiger partial charge >= 0.3 is 0 Å². The molecule has 0 bridgehead atoms. The van der Waals surface area contributed by atoms with Crippen molar-refractivity contribution in [3.63, 3.8) is 0 Å². The Balaban J connectivity index is 2.14. The summed E-state index contributed by atoms with van der Waals surface area (Å²) in [7, 11) is 0. The Kier molecular flexibility index (Phi) is 2.71. The van der Waals surface area contributed by atoms with Crippen LogP contribution in [-0.4, -0.2) is 28.4 Å². The normalized spacial score (nSPS) is 18.8. The number of nitrogens with zero attached hydrogens (tertiary/aromatic N) is 3. The Morgan fingerprint density at radius 1 is 1.38 bits per heavy atom. The van der Waals surface area contributed by atoms with Gasteiger partial charge in [-0.25, -0.2) is 4.98 Å². The van der Waals surface area contributed by atoms with Crippen molar-refractivity contribution in [3.8, 4) is 0 Å². The molecule has 1 saturated heterocycles. The first kappa shape index (κ1) is 8.84. The summed E-state index contributed by atoms with van der Waals surface area (Å²) in [4.78, 5) is 4.13. The van der Waals surface area contributed by atoms with Gasteiger partial charge in [0.1, 0.15) is 0 Å². The lowest BCUT2D eigenvalue weighted by atomic mass is 10.00. The van der Waals surface area contributed by atoms with Crippen molar-refractivity contribution in [2.45, 2.75) is 18.8 Å². The summed E-state index contributed by atoms with van der Waals surface area (Å²) < 4.78 is 5.24. The van der Waals surface area contributed by atoms with Crippen molar-refractivity contribution in [1.82, 2.24) is 15.2 Å². The second kappa shape index (κ2) is 3.98. The zero-order valence-electron chi connectivity index (χ0n) is 7.11. The number of aromatic nitrogens is 3. The van der Waals surface area contributed by atoms with Crippen LogP contribution < -0.4 is 0 Å². The highest BCUT2D eigenvalue weighted by Crippen LogP contribution is 2.23. The summed E-state index contributed by atoms with van der Waals surface area (Å²) in [5, 5.41) is 8.15. The fourth-order valence-electron chi connectivity index (χ4n) is 1.43. The van der Waals surface area contributed by atoms with Crippen LogP contribution in [-0.2, 0) is 4.74 Å². The molecule has 0 amide bonds. The van der Waals surface area contributed by atoms with Crippen LogP contribution in [0.1, 0.15) is 24.6 Å². The van der Waals surface area contributed by atoms with Gasteiger partial charge in [0.05, 0.1) is 6.20 Å². The van der Waals surface area contributed by atoms with E-state index in [0.29, 0.717) is 11.1 Å². The maximum Gasteiger partial charge on any atom is 0.155 e. The van der Waals surface area contributed by atoms with Crippen LogP contribution in [0.15, 0.2) is 6.20 Å². The monoisotopic (exact) mass is 199 g/mol. The molecule has 0 saturated carbocycles. The zero-order chi connectivity index (χ0) is 9.10. The molecule has 5 heteroatoms. The Hall–Kier alpha value is -0.740. The van der Waals surface area contributed by atoms with Gasteiger partial charge in [0.2, 0.25) is 0 Å². The van der Waals surface area contributed by atoms with Crippen LogP contribution in [0.3, 0.4) is 0 Å². The molecule has 2 heterocycles. The highest BCUT2D eigenvalue weighted by Gasteiger charge is 2.18. The fourth-order valence-corrected chi connectivity index (χ4v) is 1.56. The van der Waals surface area contributed by atoms with Crippen molar-refractivity contribution >= 4 is 11.6 Å². The van der Waals surface area contributed by atoms with E-state index in [1.54, 1.807) is 0 Å². The molecule has 0 spiro atoms. The highest BCUT2D eigenvalue weighted by atomic mass is 35.5. The third kappa shape index (κ3) is 2.14. The number of halogens is 1. The topological polar surface area (TPSA) is 47.9 Å². The quantitative estimate of drug-likeness (QED) is 0.687. The van der Waals surface area contributed by atoms with Crippen molar-refractivity contribution < 1.29 is 4.74 Å². The molecule has 0 atom stereocenters. The number of ether oxygens (including phenoxy) is 1. The lowest BCUT2D eigenvalue weighted by molar-refractivity contribution is 0.0833. The molecule has 4 nitrogen and oxygen atoms in total. The number of hydrogen-bond acceptors (Lipinski definition) is 4. The van der Waals surface area contributed by atoms with Gasteiger partial charge in [0, 0.05) is 19.1 Å². The van der Waals surface area contributed by atoms with Gasteiger partial charge in [-0.05, 0) is 12.8 Å². The zero-order valence-corrected chi connectivity index (χ0v) is 7.87. The lowest BCUT2D eigenvalue weighted by Gasteiger charge is -2.19. The fraction of sp³-hybridized carbons (Fsp3) is 0.625. The standard InChI is InChI=1S/C8H10ClN3O/c9-7-5-10-12-8(11-7)6-1-3-13-4-2-6/h5-6H,1-4H2. The maximum atomic E-state index is 5.72. The summed E-state index contributed by atoms with van der Waals surface area (Å²) in [6.45, 7) is 1.56. The summed E-state index contributed by atoms with van der Waals surface area (Å²) in [6, 6.07) is 0. The average molecular weight is 200 g/mol. The van der Waals surface area contributed by atoms with Gasteiger partial charge in [0.25, 0.3) is 0 Å². The van der Waals surface area contributed by atoms with Crippen LogP contribution in [0.25, 0.3) is 0 Å². The van der Waals surface area contributed by atoms with E-state index in [9.17, 15) is 0 Å². The van der Waals surface area contributed by atoms with E-state index < -0.39 is 0 Å². The van der Waals surface area contributed by atoms with Crippen LogP contribution in [0.5, 0.6) is 0 Å². The molecule has 0 unspecified atom stereocenters. The Bertz CT molecular complexity index is 288. The van der Waals surface area contributed by atoms with Gasteiger partial charge in [-0.3, -0.25) is 0 Å².